The fourth-order valence-electron chi connectivity index (χ4n) is 3.65. The summed E-state index contributed by atoms with van der Waals surface area (Å²) in [4.78, 5) is 2.42. The second-order valence-corrected chi connectivity index (χ2v) is 9.87. The Morgan fingerprint density at radius 2 is 2.14 bits per heavy atom. The summed E-state index contributed by atoms with van der Waals surface area (Å²) < 4.78 is 33.6. The molecule has 0 saturated heterocycles. The van der Waals surface area contributed by atoms with Crippen LogP contribution in [0.4, 0.5) is 5.69 Å². The van der Waals surface area contributed by atoms with E-state index in [1.165, 1.54) is 28.8 Å². The standard InChI is InChI=1S/C20H24N4O2S2/c1-14-11-15-6-7-16(12-18(15)17(14)8-10-23(2)3)22-28(25,26)20-5-4-9-24-19(20)13-21-27-24/h4-7,9,12-13,21-22H,8,10-11H2,1-3H3. The van der Waals surface area contributed by atoms with Gasteiger partial charge in [-0.15, -0.1) is 0 Å². The second kappa shape index (κ2) is 7.35. The highest BCUT2D eigenvalue weighted by atomic mass is 32.2. The summed E-state index contributed by atoms with van der Waals surface area (Å²) in [6.45, 7) is 3.13. The molecule has 0 unspecified atom stereocenters. The van der Waals surface area contributed by atoms with Gasteiger partial charge in [-0.3, -0.25) is 9.03 Å². The maximum Gasteiger partial charge on any atom is 0.264 e. The Kier molecular flexibility index (Phi) is 5.03. The van der Waals surface area contributed by atoms with Crippen molar-refractivity contribution >= 4 is 33.4 Å². The monoisotopic (exact) mass is 416 g/mol. The number of nitrogens with zero attached hydrogens (tertiary/aromatic N) is 2. The minimum Gasteiger partial charge on any atom is -0.316 e. The zero-order valence-electron chi connectivity index (χ0n) is 16.2. The van der Waals surface area contributed by atoms with E-state index in [4.69, 9.17) is 0 Å². The molecule has 0 fully saturated rings. The van der Waals surface area contributed by atoms with Crippen LogP contribution in [0.5, 0.6) is 0 Å². The molecular weight excluding hydrogens is 392 g/mol. The lowest BCUT2D eigenvalue weighted by Crippen LogP contribution is -2.21. The van der Waals surface area contributed by atoms with Crippen molar-refractivity contribution in [1.82, 2.24) is 13.9 Å². The van der Waals surface area contributed by atoms with Crippen LogP contribution in [0.15, 0.2) is 58.9 Å². The topological polar surface area (TPSA) is 64.7 Å². The van der Waals surface area contributed by atoms with E-state index in [2.05, 4.69) is 35.4 Å². The lowest BCUT2D eigenvalue weighted by molar-refractivity contribution is 0.419. The van der Waals surface area contributed by atoms with Crippen LogP contribution in [-0.2, 0) is 16.4 Å². The van der Waals surface area contributed by atoms with Crippen molar-refractivity contribution < 1.29 is 8.42 Å². The quantitative estimate of drug-likeness (QED) is 0.693. The molecule has 2 heterocycles. The van der Waals surface area contributed by atoms with Crippen LogP contribution in [0.25, 0.3) is 5.57 Å². The third-order valence-corrected chi connectivity index (χ3v) is 7.23. The maximum absolute atomic E-state index is 13.0. The molecule has 6 nitrogen and oxygen atoms in total. The third kappa shape index (κ3) is 3.59. The fourth-order valence-corrected chi connectivity index (χ4v) is 5.61. The second-order valence-electron chi connectivity index (χ2n) is 7.40. The highest BCUT2D eigenvalue weighted by molar-refractivity contribution is 7.97. The van der Waals surface area contributed by atoms with Gasteiger partial charge in [-0.25, -0.2) is 8.42 Å². The zero-order chi connectivity index (χ0) is 19.9. The van der Waals surface area contributed by atoms with Gasteiger partial charge >= 0.3 is 0 Å². The molecule has 0 saturated carbocycles. The van der Waals surface area contributed by atoms with Crippen molar-refractivity contribution in [2.45, 2.75) is 19.8 Å². The first-order chi connectivity index (χ1) is 13.3. The van der Waals surface area contributed by atoms with Crippen LogP contribution < -0.4 is 9.44 Å². The molecule has 1 aromatic carbocycles. The number of nitrogens with one attached hydrogen (secondary N) is 2. The first-order valence-electron chi connectivity index (χ1n) is 9.15. The summed E-state index contributed by atoms with van der Waals surface area (Å²) >= 11 is 1.34. The summed E-state index contributed by atoms with van der Waals surface area (Å²) in [5.41, 5.74) is 6.34. The van der Waals surface area contributed by atoms with Gasteiger partial charge in [-0.05, 0) is 74.8 Å². The van der Waals surface area contributed by atoms with Crippen molar-refractivity contribution in [2.24, 2.45) is 0 Å². The van der Waals surface area contributed by atoms with E-state index < -0.39 is 10.0 Å². The molecule has 3 aliphatic rings. The number of benzene rings is 1. The van der Waals surface area contributed by atoms with E-state index in [1.54, 1.807) is 22.7 Å². The summed E-state index contributed by atoms with van der Waals surface area (Å²) in [5.74, 6) is 0. The molecule has 0 radical (unpaired) electrons. The van der Waals surface area contributed by atoms with Crippen LogP contribution in [0.1, 0.15) is 24.5 Å². The summed E-state index contributed by atoms with van der Waals surface area (Å²) in [7, 11) is 0.440. The average molecular weight is 417 g/mol. The van der Waals surface area contributed by atoms with Crippen molar-refractivity contribution in [3.8, 4) is 0 Å². The van der Waals surface area contributed by atoms with Gasteiger partial charge in [-0.1, -0.05) is 11.6 Å². The highest BCUT2D eigenvalue weighted by Crippen LogP contribution is 2.38. The molecule has 2 aliphatic heterocycles. The molecule has 1 aliphatic carbocycles. The van der Waals surface area contributed by atoms with Crippen LogP contribution in [0, 0.1) is 0 Å². The molecule has 0 atom stereocenters. The average Bonchev–Trinajstić information content (AvgIpc) is 3.22. The Bertz CT molecular complexity index is 1040. The van der Waals surface area contributed by atoms with E-state index in [9.17, 15) is 8.42 Å². The number of hydrogen-bond acceptors (Lipinski definition) is 6. The molecule has 0 aromatic heterocycles. The number of anilines is 1. The van der Waals surface area contributed by atoms with Gasteiger partial charge in [0.25, 0.3) is 10.0 Å². The predicted octanol–water partition coefficient (Wildman–Crippen LogP) is 3.43. The molecule has 4 rings (SSSR count). The Balaban J connectivity index is 1.60. The lowest BCUT2D eigenvalue weighted by Gasteiger charge is -2.21. The van der Waals surface area contributed by atoms with Gasteiger partial charge in [0.1, 0.15) is 4.91 Å². The molecule has 1 aromatic rings. The Morgan fingerprint density at radius 3 is 2.93 bits per heavy atom. The third-order valence-electron chi connectivity index (χ3n) is 5.06. The molecule has 8 heteroatoms. The SMILES string of the molecule is CC1=C(CCN(C)C)c2cc(NS(=O)(=O)C3=CC=CN4SNC=C34)ccc2C1. The van der Waals surface area contributed by atoms with Crippen molar-refractivity contribution in [1.29, 1.82) is 0 Å². The van der Waals surface area contributed by atoms with Gasteiger partial charge in [0.15, 0.2) is 0 Å². The molecular formula is C20H24N4O2S2. The van der Waals surface area contributed by atoms with Gasteiger partial charge in [0, 0.05) is 24.6 Å². The number of fused-ring (bicyclic) bond motifs is 2. The lowest BCUT2D eigenvalue weighted by atomic mass is 10.0. The van der Waals surface area contributed by atoms with Crippen LogP contribution in [0.2, 0.25) is 0 Å². The van der Waals surface area contributed by atoms with Crippen LogP contribution >= 0.6 is 12.1 Å². The van der Waals surface area contributed by atoms with E-state index in [-0.39, 0.29) is 4.91 Å². The molecule has 0 spiro atoms. The molecule has 2 N–H and O–H groups in total. The number of hydrogen-bond donors (Lipinski definition) is 2. The number of rotatable bonds is 6. The van der Waals surface area contributed by atoms with Crippen molar-refractivity contribution in [3.63, 3.8) is 0 Å². The summed E-state index contributed by atoms with van der Waals surface area (Å²) in [6.07, 6.45) is 8.79. The summed E-state index contributed by atoms with van der Waals surface area (Å²) in [6, 6.07) is 5.86. The minimum absolute atomic E-state index is 0.257. The normalized spacial score (nSPS) is 18.1. The summed E-state index contributed by atoms with van der Waals surface area (Å²) in [5, 5.41) is 0. The van der Waals surface area contributed by atoms with Crippen LogP contribution in [-0.4, -0.2) is 38.3 Å². The first kappa shape index (κ1) is 19.2. The van der Waals surface area contributed by atoms with E-state index in [1.807, 2.05) is 24.4 Å². The molecule has 148 valence electrons. The minimum atomic E-state index is -3.69. The van der Waals surface area contributed by atoms with E-state index in [0.717, 1.165) is 24.9 Å². The zero-order valence-corrected chi connectivity index (χ0v) is 17.8. The van der Waals surface area contributed by atoms with E-state index in [0.29, 0.717) is 11.4 Å². The van der Waals surface area contributed by atoms with Gasteiger partial charge in [0.2, 0.25) is 0 Å². The van der Waals surface area contributed by atoms with Gasteiger partial charge in [-0.2, -0.15) is 0 Å². The molecule has 0 amide bonds. The van der Waals surface area contributed by atoms with Crippen molar-refractivity contribution in [3.05, 3.63) is 70.1 Å². The molecule has 0 bridgehead atoms. The Morgan fingerprint density at radius 1 is 1.32 bits per heavy atom. The fraction of sp³-hybridized carbons (Fsp3) is 0.300. The largest absolute Gasteiger partial charge is 0.316 e. The Hall–Kier alpha value is -2.16. The maximum atomic E-state index is 13.0. The number of sulfonamides is 1. The highest BCUT2D eigenvalue weighted by Gasteiger charge is 2.30. The predicted molar refractivity (Wildman–Crippen MR) is 116 cm³/mol. The smallest absolute Gasteiger partial charge is 0.264 e. The van der Waals surface area contributed by atoms with Gasteiger partial charge in [0.05, 0.1) is 17.8 Å². The van der Waals surface area contributed by atoms with Crippen molar-refractivity contribution in [2.75, 3.05) is 25.4 Å². The Labute approximate surface area is 171 Å². The van der Waals surface area contributed by atoms with E-state index >= 15 is 0 Å². The molecule has 28 heavy (non-hydrogen) atoms. The van der Waals surface area contributed by atoms with Crippen LogP contribution in [0.3, 0.4) is 0 Å². The number of allylic oxidation sites excluding steroid dienone is 3. The first-order valence-corrected chi connectivity index (χ1v) is 11.4. The van der Waals surface area contributed by atoms with Gasteiger partial charge < -0.3 is 9.62 Å².